The van der Waals surface area contributed by atoms with E-state index in [1.165, 1.54) is 4.68 Å². The van der Waals surface area contributed by atoms with E-state index < -0.39 is 5.91 Å². The second-order valence-corrected chi connectivity index (χ2v) is 9.78. The van der Waals surface area contributed by atoms with Gasteiger partial charge in [-0.25, -0.2) is 14.6 Å². The fraction of sp³-hybridized carbons (Fsp3) is 0.286. The number of benzene rings is 2. The van der Waals surface area contributed by atoms with E-state index in [0.29, 0.717) is 53.3 Å². The van der Waals surface area contributed by atoms with Crippen molar-refractivity contribution in [2.24, 2.45) is 11.7 Å². The molecule has 4 N–H and O–H groups in total. The molecule has 5 rings (SSSR count). The van der Waals surface area contributed by atoms with Crippen LogP contribution in [-0.2, 0) is 13.0 Å². The largest absolute Gasteiger partial charge is 0.489 e. The minimum Gasteiger partial charge on any atom is -0.489 e. The monoisotopic (exact) mass is 513 g/mol. The van der Waals surface area contributed by atoms with Crippen molar-refractivity contribution in [3.8, 4) is 22.9 Å². The molecular formula is C28H31N7O3. The number of nitrogen functional groups attached to an aromatic ring is 1. The van der Waals surface area contributed by atoms with Crippen LogP contribution in [0, 0.1) is 19.8 Å². The van der Waals surface area contributed by atoms with Crippen LogP contribution < -0.4 is 20.9 Å². The van der Waals surface area contributed by atoms with E-state index in [1.54, 1.807) is 12.4 Å². The lowest BCUT2D eigenvalue weighted by Crippen LogP contribution is -2.44. The Morgan fingerprint density at radius 2 is 1.71 bits per heavy atom. The van der Waals surface area contributed by atoms with Crippen LogP contribution in [0.3, 0.4) is 0 Å². The maximum Gasteiger partial charge on any atom is 0.269 e. The molecule has 1 amide bonds. The molecule has 0 unspecified atom stereocenters. The quantitative estimate of drug-likeness (QED) is 0.348. The third-order valence-corrected chi connectivity index (χ3v) is 6.43. The number of amides is 1. The van der Waals surface area contributed by atoms with Crippen LogP contribution in [0.1, 0.15) is 33.1 Å². The van der Waals surface area contributed by atoms with E-state index in [1.807, 2.05) is 56.3 Å². The van der Waals surface area contributed by atoms with Crippen LogP contribution in [0.2, 0.25) is 0 Å². The van der Waals surface area contributed by atoms with Crippen molar-refractivity contribution in [2.45, 2.75) is 26.9 Å². The molecule has 0 spiro atoms. The molecule has 4 aromatic rings. The van der Waals surface area contributed by atoms with Crippen molar-refractivity contribution in [3.63, 3.8) is 0 Å². The van der Waals surface area contributed by atoms with Crippen molar-refractivity contribution in [3.05, 3.63) is 83.2 Å². The summed E-state index contributed by atoms with van der Waals surface area (Å²) in [6.45, 7) is 6.14. The second kappa shape index (κ2) is 10.5. The lowest BCUT2D eigenvalue weighted by Gasteiger charge is -2.35. The Morgan fingerprint density at radius 3 is 2.37 bits per heavy atom. The zero-order valence-electron chi connectivity index (χ0n) is 21.7. The Labute approximate surface area is 221 Å². The number of hydrogen-bond acceptors (Lipinski definition) is 8. The molecular weight excluding hydrogens is 482 g/mol. The van der Waals surface area contributed by atoms with E-state index in [9.17, 15) is 4.79 Å². The Hall–Kier alpha value is -4.44. The molecule has 1 aliphatic heterocycles. The minimum absolute atomic E-state index is 0.195. The minimum atomic E-state index is -0.614. The normalized spacial score (nSPS) is 13.8. The van der Waals surface area contributed by atoms with Gasteiger partial charge in [-0.1, -0.05) is 0 Å². The van der Waals surface area contributed by atoms with Gasteiger partial charge in [0, 0.05) is 37.1 Å². The van der Waals surface area contributed by atoms with Crippen LogP contribution in [0.4, 0.5) is 5.69 Å². The van der Waals surface area contributed by atoms with Gasteiger partial charge >= 0.3 is 0 Å². The Balaban J connectivity index is 1.30. The standard InChI is InChI=1S/C28H31N7O3/c1-17-8-23(37-16-20-12-31-18(2)32-13-20)11-24(9-17)38-22-6-4-21(5-7-22)35-27(28(30)36)26(29)25(33-35)10-19-14-34(3)15-19/h4-9,11-13,19H,10,14-16,29H2,1-3H3,(H2,30,36). The van der Waals surface area contributed by atoms with Crippen molar-refractivity contribution < 1.29 is 14.3 Å². The molecule has 196 valence electrons. The highest BCUT2D eigenvalue weighted by molar-refractivity contribution is 5.97. The zero-order chi connectivity index (χ0) is 26.8. The zero-order valence-corrected chi connectivity index (χ0v) is 21.7. The first-order valence-corrected chi connectivity index (χ1v) is 12.4. The maximum absolute atomic E-state index is 12.2. The topological polar surface area (TPSA) is 134 Å². The fourth-order valence-electron chi connectivity index (χ4n) is 4.59. The van der Waals surface area contributed by atoms with Crippen LogP contribution in [-0.4, -0.2) is 50.7 Å². The van der Waals surface area contributed by atoms with Gasteiger partial charge in [-0.2, -0.15) is 5.10 Å². The Kier molecular flexibility index (Phi) is 6.97. The van der Waals surface area contributed by atoms with Gasteiger partial charge < -0.3 is 25.8 Å². The number of hydrogen-bond donors (Lipinski definition) is 2. The summed E-state index contributed by atoms with van der Waals surface area (Å²) in [5, 5.41) is 4.64. The Morgan fingerprint density at radius 1 is 1.03 bits per heavy atom. The number of ether oxygens (including phenoxy) is 2. The van der Waals surface area contributed by atoms with Crippen molar-refractivity contribution >= 4 is 11.6 Å². The number of primary amides is 1. The second-order valence-electron chi connectivity index (χ2n) is 9.78. The molecule has 0 aliphatic carbocycles. The number of anilines is 1. The maximum atomic E-state index is 12.2. The van der Waals surface area contributed by atoms with Crippen LogP contribution in [0.15, 0.2) is 54.9 Å². The van der Waals surface area contributed by atoms with Crippen LogP contribution in [0.25, 0.3) is 5.69 Å². The van der Waals surface area contributed by atoms with E-state index in [4.69, 9.17) is 20.9 Å². The third-order valence-electron chi connectivity index (χ3n) is 6.43. The van der Waals surface area contributed by atoms with Gasteiger partial charge in [0.25, 0.3) is 5.91 Å². The highest BCUT2D eigenvalue weighted by Gasteiger charge is 2.28. The molecule has 3 heterocycles. The molecule has 0 radical (unpaired) electrons. The van der Waals surface area contributed by atoms with Gasteiger partial charge in [-0.3, -0.25) is 4.79 Å². The summed E-state index contributed by atoms with van der Waals surface area (Å²) in [5.74, 6) is 2.51. The van der Waals surface area contributed by atoms with Gasteiger partial charge in [0.1, 0.15) is 29.7 Å². The van der Waals surface area contributed by atoms with Crippen molar-refractivity contribution in [1.29, 1.82) is 0 Å². The summed E-state index contributed by atoms with van der Waals surface area (Å²) in [7, 11) is 2.07. The smallest absolute Gasteiger partial charge is 0.269 e. The number of aryl methyl sites for hydroxylation is 2. The van der Waals surface area contributed by atoms with Crippen LogP contribution in [0.5, 0.6) is 17.2 Å². The number of nitrogens with zero attached hydrogens (tertiary/aromatic N) is 5. The van der Waals surface area contributed by atoms with Gasteiger partial charge in [0.2, 0.25) is 0 Å². The molecule has 38 heavy (non-hydrogen) atoms. The van der Waals surface area contributed by atoms with E-state index in [-0.39, 0.29) is 5.69 Å². The summed E-state index contributed by atoms with van der Waals surface area (Å²) in [4.78, 5) is 22.8. The molecule has 2 aromatic carbocycles. The summed E-state index contributed by atoms with van der Waals surface area (Å²) in [6.07, 6.45) is 4.21. The highest BCUT2D eigenvalue weighted by atomic mass is 16.5. The third kappa shape index (κ3) is 5.60. The fourth-order valence-corrected chi connectivity index (χ4v) is 4.59. The molecule has 0 bridgehead atoms. The number of aromatic nitrogens is 4. The number of nitrogens with two attached hydrogens (primary N) is 2. The average Bonchev–Trinajstić information content (AvgIpc) is 3.19. The van der Waals surface area contributed by atoms with E-state index in [0.717, 1.165) is 30.0 Å². The Bertz CT molecular complexity index is 1440. The van der Waals surface area contributed by atoms with Gasteiger partial charge in [0.15, 0.2) is 5.69 Å². The molecule has 0 saturated carbocycles. The van der Waals surface area contributed by atoms with E-state index >= 15 is 0 Å². The summed E-state index contributed by atoms with van der Waals surface area (Å²) in [5.41, 5.74) is 15.7. The molecule has 1 saturated heterocycles. The molecule has 10 heteroatoms. The molecule has 10 nitrogen and oxygen atoms in total. The summed E-state index contributed by atoms with van der Waals surface area (Å²) < 4.78 is 13.5. The first kappa shape index (κ1) is 25.2. The molecule has 1 aliphatic rings. The average molecular weight is 514 g/mol. The van der Waals surface area contributed by atoms with E-state index in [2.05, 4.69) is 27.0 Å². The number of carbonyl (C=O) groups excluding carboxylic acids is 1. The predicted molar refractivity (Wildman–Crippen MR) is 144 cm³/mol. The molecule has 0 atom stereocenters. The first-order chi connectivity index (χ1) is 18.2. The van der Waals surface area contributed by atoms with Crippen molar-refractivity contribution in [1.82, 2.24) is 24.6 Å². The summed E-state index contributed by atoms with van der Waals surface area (Å²) >= 11 is 0. The highest BCUT2D eigenvalue weighted by Crippen LogP contribution is 2.30. The summed E-state index contributed by atoms with van der Waals surface area (Å²) in [6, 6.07) is 13.0. The molecule has 2 aromatic heterocycles. The number of likely N-dealkylation sites (tertiary alicyclic amines) is 1. The van der Waals surface area contributed by atoms with Gasteiger partial charge in [-0.15, -0.1) is 0 Å². The SMILES string of the molecule is Cc1cc(OCc2cnc(C)nc2)cc(Oc2ccc(-n3nc(CC4CN(C)C4)c(N)c3C(N)=O)cc2)c1. The number of carbonyl (C=O) groups is 1. The lowest BCUT2D eigenvalue weighted by molar-refractivity contribution is 0.0993. The van der Waals surface area contributed by atoms with Gasteiger partial charge in [-0.05, 0) is 75.2 Å². The molecule has 1 fully saturated rings. The van der Waals surface area contributed by atoms with Crippen molar-refractivity contribution in [2.75, 3.05) is 25.9 Å². The first-order valence-electron chi connectivity index (χ1n) is 12.4. The predicted octanol–water partition coefficient (Wildman–Crippen LogP) is 3.44. The van der Waals surface area contributed by atoms with Crippen LogP contribution >= 0.6 is 0 Å². The number of rotatable bonds is 9. The van der Waals surface area contributed by atoms with Gasteiger partial charge in [0.05, 0.1) is 17.1 Å². The lowest BCUT2D eigenvalue weighted by atomic mass is 9.95.